The van der Waals surface area contributed by atoms with E-state index in [1.165, 1.54) is 31.3 Å². The Balaban J connectivity index is 0.000000360. The number of primary amides is 1. The number of rotatable bonds is 8. The second kappa shape index (κ2) is 12.2. The summed E-state index contributed by atoms with van der Waals surface area (Å²) >= 11 is 5.64. The molecule has 0 radical (unpaired) electrons. The van der Waals surface area contributed by atoms with Gasteiger partial charge in [0.1, 0.15) is 11.5 Å². The van der Waals surface area contributed by atoms with Crippen molar-refractivity contribution in [3.63, 3.8) is 0 Å². The van der Waals surface area contributed by atoms with E-state index in [1.807, 2.05) is 6.07 Å². The molecule has 11 heteroatoms. The largest absolute Gasteiger partial charge is 0.508 e. The van der Waals surface area contributed by atoms with Gasteiger partial charge in [0.2, 0.25) is 12.1 Å². The molecule has 2 atom stereocenters. The number of ether oxygens (including phenoxy) is 2. The molecule has 0 spiro atoms. The van der Waals surface area contributed by atoms with Gasteiger partial charge in [-0.2, -0.15) is 0 Å². The van der Waals surface area contributed by atoms with Gasteiger partial charge in [0, 0.05) is 19.1 Å². The highest BCUT2D eigenvalue weighted by molar-refractivity contribution is 6.32. The summed E-state index contributed by atoms with van der Waals surface area (Å²) in [7, 11) is 2.80. The molecule has 1 heterocycles. The molecule has 2 aromatic rings. The molecule has 0 aliphatic carbocycles. The summed E-state index contributed by atoms with van der Waals surface area (Å²) in [6.45, 7) is 3.24. The van der Waals surface area contributed by atoms with Crippen molar-refractivity contribution in [3.8, 4) is 11.5 Å². The highest BCUT2D eigenvalue weighted by Crippen LogP contribution is 2.27. The van der Waals surface area contributed by atoms with E-state index in [9.17, 15) is 19.2 Å². The van der Waals surface area contributed by atoms with Gasteiger partial charge in [0.25, 0.3) is 5.91 Å². The Hall–Kier alpha value is -3.63. The number of urea groups is 1. The number of nitrogens with zero attached hydrogens (tertiary/aromatic N) is 2. The van der Waals surface area contributed by atoms with Crippen molar-refractivity contribution in [2.24, 2.45) is 11.7 Å². The Labute approximate surface area is 208 Å². The number of Topliss-reactive ketones (excluding diaryl/α,β-unsaturated/α-hetero) is 1. The van der Waals surface area contributed by atoms with Crippen LogP contribution in [-0.4, -0.2) is 65.0 Å². The van der Waals surface area contributed by atoms with Crippen LogP contribution in [0.4, 0.5) is 4.79 Å². The van der Waals surface area contributed by atoms with Gasteiger partial charge < -0.3 is 20.3 Å². The van der Waals surface area contributed by atoms with Crippen LogP contribution in [0.15, 0.2) is 48.5 Å². The van der Waals surface area contributed by atoms with E-state index in [0.717, 1.165) is 5.56 Å². The lowest BCUT2D eigenvalue weighted by Gasteiger charge is -2.23. The third-order valence-corrected chi connectivity index (χ3v) is 5.40. The molecule has 1 fully saturated rings. The smallest absolute Gasteiger partial charge is 0.330 e. The van der Waals surface area contributed by atoms with Gasteiger partial charge in [0.05, 0.1) is 18.7 Å². The number of phenolic OH excluding ortho intramolecular Hbond substituents is 1. The Morgan fingerprint density at radius 1 is 1.11 bits per heavy atom. The van der Waals surface area contributed by atoms with Crippen molar-refractivity contribution in [2.45, 2.75) is 32.7 Å². The fraction of sp³-hybridized carbons (Fsp3) is 0.333. The van der Waals surface area contributed by atoms with Crippen LogP contribution in [0, 0.1) is 5.92 Å². The van der Waals surface area contributed by atoms with Crippen LogP contribution in [-0.2, 0) is 25.7 Å². The molecule has 1 aliphatic rings. The summed E-state index contributed by atoms with van der Waals surface area (Å²) in [4.78, 5) is 51.2. The van der Waals surface area contributed by atoms with E-state index in [4.69, 9.17) is 31.9 Å². The van der Waals surface area contributed by atoms with Gasteiger partial charge in [-0.15, -0.1) is 0 Å². The number of carbonyl (C=O) groups excluding carboxylic acids is 4. The molecule has 3 rings (SSSR count). The zero-order chi connectivity index (χ0) is 26.3. The number of phenols is 1. The summed E-state index contributed by atoms with van der Waals surface area (Å²) in [5.74, 6) is -2.27. The number of carbonyl (C=O) groups is 4. The van der Waals surface area contributed by atoms with E-state index in [1.54, 1.807) is 44.2 Å². The third kappa shape index (κ3) is 6.49. The summed E-state index contributed by atoms with van der Waals surface area (Å²) in [5, 5.41) is 9.31. The van der Waals surface area contributed by atoms with Crippen LogP contribution >= 0.6 is 11.6 Å². The van der Waals surface area contributed by atoms with Crippen molar-refractivity contribution >= 4 is 35.2 Å². The first kappa shape index (κ1) is 27.6. The number of nitrogens with two attached hydrogens (primary N) is 1. The molecule has 2 aromatic carbocycles. The SMILES string of the molecule is COC1C(=O)N(C(C(N)=O)C(=O)C(C)C)C(=O)N1Cc1ccccc1.COc1ccc(O)cc1Cl. The number of hydrogen-bond donors (Lipinski definition) is 2. The van der Waals surface area contributed by atoms with Crippen LogP contribution in [0.3, 0.4) is 0 Å². The number of aromatic hydroxyl groups is 1. The van der Waals surface area contributed by atoms with Crippen LogP contribution in [0.1, 0.15) is 19.4 Å². The van der Waals surface area contributed by atoms with E-state index >= 15 is 0 Å². The predicted octanol–water partition coefficient (Wildman–Crippen LogP) is 2.56. The normalized spacial score (nSPS) is 16.1. The van der Waals surface area contributed by atoms with E-state index in [0.29, 0.717) is 15.7 Å². The zero-order valence-electron chi connectivity index (χ0n) is 19.8. The Morgan fingerprint density at radius 2 is 1.74 bits per heavy atom. The van der Waals surface area contributed by atoms with E-state index in [-0.39, 0.29) is 12.3 Å². The Kier molecular flexibility index (Phi) is 9.61. The monoisotopic (exact) mass is 505 g/mol. The minimum absolute atomic E-state index is 0.0990. The second-order valence-electron chi connectivity index (χ2n) is 7.87. The van der Waals surface area contributed by atoms with E-state index in [2.05, 4.69) is 0 Å². The molecule has 35 heavy (non-hydrogen) atoms. The standard InChI is InChI=1S/C17H21N3O5.C7H7ClO2/c1-10(2)13(21)12(14(18)22)20-15(23)16(25-3)19(17(20)24)9-11-7-5-4-6-8-11;1-10-7-3-2-5(9)4-6(7)8/h4-8,10,12,16H,9H2,1-3H3,(H2,18,22);2-4,9H,1H3. The summed E-state index contributed by atoms with van der Waals surface area (Å²) in [6, 6.07) is 11.1. The molecular weight excluding hydrogens is 478 g/mol. The topological polar surface area (TPSA) is 139 Å². The lowest BCUT2D eigenvalue weighted by molar-refractivity contribution is -0.147. The molecule has 10 nitrogen and oxygen atoms in total. The van der Waals surface area contributed by atoms with Gasteiger partial charge in [-0.1, -0.05) is 55.8 Å². The van der Waals surface area contributed by atoms with E-state index < -0.39 is 41.8 Å². The van der Waals surface area contributed by atoms with Crippen molar-refractivity contribution in [1.29, 1.82) is 0 Å². The fourth-order valence-corrected chi connectivity index (χ4v) is 3.60. The Bertz CT molecular complexity index is 1080. The molecule has 188 valence electrons. The van der Waals surface area contributed by atoms with Crippen molar-refractivity contribution < 1.29 is 33.8 Å². The number of amides is 4. The first-order chi connectivity index (χ1) is 16.5. The molecule has 2 unspecified atom stereocenters. The van der Waals surface area contributed by atoms with Crippen LogP contribution < -0.4 is 10.5 Å². The molecule has 0 saturated carbocycles. The average Bonchev–Trinajstić information content (AvgIpc) is 3.04. The molecule has 1 saturated heterocycles. The minimum Gasteiger partial charge on any atom is -0.508 e. The van der Waals surface area contributed by atoms with Gasteiger partial charge in [-0.05, 0) is 17.7 Å². The van der Waals surface area contributed by atoms with Crippen molar-refractivity contribution in [1.82, 2.24) is 9.80 Å². The lowest BCUT2D eigenvalue weighted by atomic mass is 10.00. The number of halogens is 1. The Morgan fingerprint density at radius 3 is 2.23 bits per heavy atom. The molecule has 0 bridgehead atoms. The average molecular weight is 506 g/mol. The number of ketones is 1. The molecule has 1 aliphatic heterocycles. The molecule has 3 N–H and O–H groups in total. The van der Waals surface area contributed by atoms with Gasteiger partial charge in [0.15, 0.2) is 11.8 Å². The van der Waals surface area contributed by atoms with Gasteiger partial charge >= 0.3 is 6.03 Å². The number of benzene rings is 2. The van der Waals surface area contributed by atoms with Gasteiger partial charge in [-0.25, -0.2) is 9.69 Å². The minimum atomic E-state index is -1.64. The summed E-state index contributed by atoms with van der Waals surface area (Å²) in [5.41, 5.74) is 6.08. The maximum absolute atomic E-state index is 12.8. The zero-order valence-corrected chi connectivity index (χ0v) is 20.6. The number of methoxy groups -OCH3 is 2. The van der Waals surface area contributed by atoms with Crippen LogP contribution in [0.5, 0.6) is 11.5 Å². The maximum atomic E-state index is 12.8. The number of imide groups is 1. The first-order valence-electron chi connectivity index (χ1n) is 10.6. The second-order valence-corrected chi connectivity index (χ2v) is 8.28. The molecule has 0 aromatic heterocycles. The highest BCUT2D eigenvalue weighted by atomic mass is 35.5. The number of hydrogen-bond acceptors (Lipinski definition) is 7. The lowest BCUT2D eigenvalue weighted by Crippen LogP contribution is -2.54. The van der Waals surface area contributed by atoms with Crippen molar-refractivity contribution in [3.05, 3.63) is 59.1 Å². The molecular formula is C24H28ClN3O7. The first-order valence-corrected chi connectivity index (χ1v) is 11.0. The summed E-state index contributed by atoms with van der Waals surface area (Å²) < 4.78 is 9.99. The van der Waals surface area contributed by atoms with Crippen LogP contribution in [0.2, 0.25) is 5.02 Å². The van der Waals surface area contributed by atoms with Gasteiger partial charge in [-0.3, -0.25) is 19.3 Å². The third-order valence-electron chi connectivity index (χ3n) is 5.10. The highest BCUT2D eigenvalue weighted by Gasteiger charge is 2.52. The van der Waals surface area contributed by atoms with Crippen molar-refractivity contribution in [2.75, 3.05) is 14.2 Å². The predicted molar refractivity (Wildman–Crippen MR) is 128 cm³/mol. The fourth-order valence-electron chi connectivity index (χ4n) is 3.35. The molecule has 4 amide bonds. The maximum Gasteiger partial charge on any atom is 0.330 e. The quantitative estimate of drug-likeness (QED) is 0.415. The summed E-state index contributed by atoms with van der Waals surface area (Å²) in [6.07, 6.45) is -1.21. The van der Waals surface area contributed by atoms with Crippen LogP contribution in [0.25, 0.3) is 0 Å².